The van der Waals surface area contributed by atoms with Gasteiger partial charge in [0.15, 0.2) is 0 Å². The van der Waals surface area contributed by atoms with E-state index in [1.807, 2.05) is 0 Å². The summed E-state index contributed by atoms with van der Waals surface area (Å²) < 4.78 is 51.5. The van der Waals surface area contributed by atoms with Crippen LogP contribution in [0.5, 0.6) is 0 Å². The molecular weight excluding hydrogens is 340 g/mol. The van der Waals surface area contributed by atoms with Gasteiger partial charge in [0.1, 0.15) is 16.5 Å². The van der Waals surface area contributed by atoms with Gasteiger partial charge in [-0.25, -0.2) is 21.5 Å². The Hall–Kier alpha value is -0.530. The molecule has 0 unspecified atom stereocenters. The number of hydrogen-bond donors (Lipinski definition) is 0. The molecule has 0 N–H and O–H groups in total. The summed E-state index contributed by atoms with van der Waals surface area (Å²) in [6, 6.07) is 2.47. The van der Waals surface area contributed by atoms with Gasteiger partial charge in [-0.05, 0) is 25.0 Å². The molecule has 0 radical (unpaired) electrons. The number of rotatable bonds is 7. The second-order valence-electron chi connectivity index (χ2n) is 4.15. The third-order valence-electron chi connectivity index (χ3n) is 2.69. The molecule has 0 atom stereocenters. The molecule has 0 saturated heterocycles. The first-order valence-electron chi connectivity index (χ1n) is 5.87. The van der Waals surface area contributed by atoms with Gasteiger partial charge in [0.2, 0.25) is 10.0 Å². The molecule has 0 spiro atoms. The first-order chi connectivity index (χ1) is 8.89. The summed E-state index contributed by atoms with van der Waals surface area (Å²) >= 11 is 3.29. The van der Waals surface area contributed by atoms with Gasteiger partial charge in [0.05, 0.1) is 0 Å². The second-order valence-corrected chi connectivity index (χ2v) is 6.96. The zero-order valence-electron chi connectivity index (χ0n) is 10.6. The predicted octanol–water partition coefficient (Wildman–Crippen LogP) is 3.15. The van der Waals surface area contributed by atoms with E-state index in [-0.39, 0.29) is 0 Å². The summed E-state index contributed by atoms with van der Waals surface area (Å²) in [7, 11) is -2.50. The van der Waals surface area contributed by atoms with Crippen LogP contribution >= 0.6 is 15.9 Å². The van der Waals surface area contributed by atoms with E-state index in [0.29, 0.717) is 19.0 Å². The van der Waals surface area contributed by atoms with Gasteiger partial charge in [0, 0.05) is 25.0 Å². The van der Waals surface area contributed by atoms with Crippen molar-refractivity contribution in [1.82, 2.24) is 4.31 Å². The maximum Gasteiger partial charge on any atom is 0.245 e. The fourth-order valence-corrected chi connectivity index (χ4v) is 3.23. The highest BCUT2D eigenvalue weighted by Crippen LogP contribution is 2.19. The first kappa shape index (κ1) is 16.5. The van der Waals surface area contributed by atoms with Crippen molar-refractivity contribution >= 4 is 26.0 Å². The van der Waals surface area contributed by atoms with Crippen LogP contribution in [0.4, 0.5) is 8.78 Å². The molecule has 108 valence electrons. The van der Waals surface area contributed by atoms with Crippen molar-refractivity contribution in [2.24, 2.45) is 0 Å². The summed E-state index contributed by atoms with van der Waals surface area (Å²) in [5, 5.41) is 0.871. The predicted molar refractivity (Wildman–Crippen MR) is 73.8 cm³/mol. The highest BCUT2D eigenvalue weighted by molar-refractivity contribution is 9.09. The average Bonchev–Trinajstić information content (AvgIpc) is 2.33. The van der Waals surface area contributed by atoms with Crippen molar-refractivity contribution in [3.8, 4) is 0 Å². The number of unbranched alkanes of at least 4 members (excludes halogenated alkanes) is 2. The summed E-state index contributed by atoms with van der Waals surface area (Å²) in [6.45, 7) is 0.312. The van der Waals surface area contributed by atoms with Gasteiger partial charge < -0.3 is 0 Å². The van der Waals surface area contributed by atoms with Crippen molar-refractivity contribution in [2.45, 2.75) is 24.2 Å². The van der Waals surface area contributed by atoms with Gasteiger partial charge in [-0.3, -0.25) is 0 Å². The maximum atomic E-state index is 13.5. The van der Waals surface area contributed by atoms with Crippen LogP contribution < -0.4 is 0 Å². The van der Waals surface area contributed by atoms with E-state index in [0.717, 1.165) is 34.6 Å². The lowest BCUT2D eigenvalue weighted by atomic mass is 10.2. The summed E-state index contributed by atoms with van der Waals surface area (Å²) in [5.41, 5.74) is 0. The maximum absolute atomic E-state index is 13.5. The lowest BCUT2D eigenvalue weighted by Gasteiger charge is -2.17. The van der Waals surface area contributed by atoms with E-state index in [4.69, 9.17) is 0 Å². The Labute approximate surface area is 120 Å². The number of halogens is 3. The molecule has 0 aliphatic carbocycles. The molecule has 19 heavy (non-hydrogen) atoms. The third-order valence-corrected chi connectivity index (χ3v) is 5.14. The first-order valence-corrected chi connectivity index (χ1v) is 8.43. The molecule has 1 aromatic rings. The lowest BCUT2D eigenvalue weighted by molar-refractivity contribution is 0.448. The largest absolute Gasteiger partial charge is 0.245 e. The Morgan fingerprint density at radius 3 is 2.47 bits per heavy atom. The number of alkyl halides is 1. The number of nitrogens with zero attached hydrogens (tertiary/aromatic N) is 1. The standard InChI is InChI=1S/C12H16BrF2NO2S/c1-16(8-4-2-3-7-13)19(17,18)12-6-5-10(14)9-11(12)15/h5-6,9H,2-4,7-8H2,1H3. The minimum Gasteiger partial charge on any atom is -0.207 e. The zero-order valence-corrected chi connectivity index (χ0v) is 13.0. The van der Waals surface area contributed by atoms with Crippen LogP contribution in [0.2, 0.25) is 0 Å². The molecule has 0 aromatic heterocycles. The van der Waals surface area contributed by atoms with E-state index < -0.39 is 26.6 Å². The second kappa shape index (κ2) is 7.31. The summed E-state index contributed by atoms with van der Waals surface area (Å²) in [6.07, 6.45) is 2.54. The minimum absolute atomic E-state index is 0.312. The van der Waals surface area contributed by atoms with Crippen LogP contribution in [0.3, 0.4) is 0 Å². The van der Waals surface area contributed by atoms with Gasteiger partial charge in [-0.2, -0.15) is 0 Å². The Morgan fingerprint density at radius 2 is 1.89 bits per heavy atom. The quantitative estimate of drug-likeness (QED) is 0.556. The topological polar surface area (TPSA) is 37.4 Å². The molecule has 0 bridgehead atoms. The highest BCUT2D eigenvalue weighted by Gasteiger charge is 2.24. The zero-order chi connectivity index (χ0) is 14.5. The van der Waals surface area contributed by atoms with Crippen LogP contribution in [0.25, 0.3) is 0 Å². The van der Waals surface area contributed by atoms with Gasteiger partial charge >= 0.3 is 0 Å². The molecule has 1 aromatic carbocycles. The fraction of sp³-hybridized carbons (Fsp3) is 0.500. The molecule has 0 saturated carbocycles. The highest BCUT2D eigenvalue weighted by atomic mass is 79.9. The van der Waals surface area contributed by atoms with Crippen molar-refractivity contribution < 1.29 is 17.2 Å². The fourth-order valence-electron chi connectivity index (χ4n) is 1.58. The number of hydrogen-bond acceptors (Lipinski definition) is 2. The van der Waals surface area contributed by atoms with E-state index >= 15 is 0 Å². The SMILES string of the molecule is CN(CCCCCBr)S(=O)(=O)c1ccc(F)cc1F. The van der Waals surface area contributed by atoms with E-state index in [9.17, 15) is 17.2 Å². The van der Waals surface area contributed by atoms with Crippen LogP contribution in [0, 0.1) is 11.6 Å². The molecule has 0 fully saturated rings. The molecule has 3 nitrogen and oxygen atoms in total. The third kappa shape index (κ3) is 4.50. The Kier molecular flexibility index (Phi) is 6.35. The van der Waals surface area contributed by atoms with Crippen molar-refractivity contribution in [2.75, 3.05) is 18.9 Å². The van der Waals surface area contributed by atoms with Crippen LogP contribution in [-0.4, -0.2) is 31.6 Å². The van der Waals surface area contributed by atoms with Crippen molar-refractivity contribution in [3.63, 3.8) is 0 Å². The van der Waals surface area contributed by atoms with Gasteiger partial charge in [0.25, 0.3) is 0 Å². The van der Waals surface area contributed by atoms with E-state index in [1.54, 1.807) is 0 Å². The van der Waals surface area contributed by atoms with Gasteiger partial charge in [-0.1, -0.05) is 22.4 Å². The van der Waals surface area contributed by atoms with Crippen molar-refractivity contribution in [1.29, 1.82) is 0 Å². The summed E-state index contributed by atoms with van der Waals surface area (Å²) in [5.74, 6) is -1.86. The Balaban J connectivity index is 2.79. The Bertz CT molecular complexity index is 522. The number of benzene rings is 1. The molecule has 0 amide bonds. The molecule has 7 heteroatoms. The molecule has 0 heterocycles. The van der Waals surface area contributed by atoms with Gasteiger partial charge in [-0.15, -0.1) is 0 Å². The Morgan fingerprint density at radius 1 is 1.21 bits per heavy atom. The van der Waals surface area contributed by atoms with E-state index in [1.165, 1.54) is 7.05 Å². The molecule has 0 aliphatic heterocycles. The molecule has 1 rings (SSSR count). The lowest BCUT2D eigenvalue weighted by Crippen LogP contribution is -2.28. The number of sulfonamides is 1. The molecule has 0 aliphatic rings. The van der Waals surface area contributed by atoms with Crippen LogP contribution in [0.15, 0.2) is 23.1 Å². The summed E-state index contributed by atoms with van der Waals surface area (Å²) in [4.78, 5) is -0.489. The van der Waals surface area contributed by atoms with Crippen molar-refractivity contribution in [3.05, 3.63) is 29.8 Å². The van der Waals surface area contributed by atoms with Crippen LogP contribution in [-0.2, 0) is 10.0 Å². The normalized spacial score (nSPS) is 12.1. The molecular formula is C12H16BrF2NO2S. The smallest absolute Gasteiger partial charge is 0.207 e. The minimum atomic E-state index is -3.89. The average molecular weight is 356 g/mol. The van der Waals surface area contributed by atoms with Crippen LogP contribution in [0.1, 0.15) is 19.3 Å². The van der Waals surface area contributed by atoms with E-state index in [2.05, 4.69) is 15.9 Å². The monoisotopic (exact) mass is 355 g/mol.